The quantitative estimate of drug-likeness (QED) is 0.665. The summed E-state index contributed by atoms with van der Waals surface area (Å²) in [5, 5.41) is 3.67. The molecule has 0 aromatic carbocycles. The lowest BCUT2D eigenvalue weighted by Crippen LogP contribution is -2.49. The van der Waals surface area contributed by atoms with Gasteiger partial charge in [0.1, 0.15) is 0 Å². The number of rotatable bonds is 8. The second-order valence-electron chi connectivity index (χ2n) is 4.77. The van der Waals surface area contributed by atoms with Crippen molar-refractivity contribution < 1.29 is 0 Å². The summed E-state index contributed by atoms with van der Waals surface area (Å²) in [6.45, 7) is 11.6. The van der Waals surface area contributed by atoms with E-state index >= 15 is 0 Å². The first-order valence-electron chi connectivity index (χ1n) is 6.73. The largest absolute Gasteiger partial charge is 0.312 e. The van der Waals surface area contributed by atoms with Crippen LogP contribution in [0.15, 0.2) is 0 Å². The molecule has 15 heavy (non-hydrogen) atoms. The van der Waals surface area contributed by atoms with Gasteiger partial charge in [0.25, 0.3) is 0 Å². The average Bonchev–Trinajstić information content (AvgIpc) is 3.04. The van der Waals surface area contributed by atoms with Crippen LogP contribution in [0.4, 0.5) is 0 Å². The molecule has 2 nitrogen and oxygen atoms in total. The molecule has 2 unspecified atom stereocenters. The Labute approximate surface area is 95.4 Å². The molecule has 2 heteroatoms. The lowest BCUT2D eigenvalue weighted by molar-refractivity contribution is 0.165. The summed E-state index contributed by atoms with van der Waals surface area (Å²) in [6, 6.07) is 2.26. The van der Waals surface area contributed by atoms with Gasteiger partial charge in [-0.25, -0.2) is 0 Å². The average molecular weight is 212 g/mol. The van der Waals surface area contributed by atoms with Crippen molar-refractivity contribution in [2.24, 2.45) is 0 Å². The first kappa shape index (κ1) is 13.0. The molecular formula is C13H28N2. The molecule has 0 spiro atoms. The highest BCUT2D eigenvalue weighted by molar-refractivity contribution is 4.90. The Kier molecular flexibility index (Phi) is 5.62. The third kappa shape index (κ3) is 3.76. The van der Waals surface area contributed by atoms with Gasteiger partial charge < -0.3 is 5.32 Å². The van der Waals surface area contributed by atoms with Gasteiger partial charge in [-0.2, -0.15) is 0 Å². The molecular weight excluding hydrogens is 184 g/mol. The summed E-state index contributed by atoms with van der Waals surface area (Å²) < 4.78 is 0. The molecule has 0 aromatic rings. The standard InChI is InChI=1S/C13H28N2/c1-5-10-14-13(6-2)11(4)15(7-3)12-8-9-12/h11-14H,5-10H2,1-4H3. The maximum atomic E-state index is 3.67. The van der Waals surface area contributed by atoms with Crippen molar-refractivity contribution in [1.82, 2.24) is 10.2 Å². The fourth-order valence-corrected chi connectivity index (χ4v) is 2.50. The van der Waals surface area contributed by atoms with Crippen LogP contribution in [0.1, 0.15) is 53.4 Å². The Bertz CT molecular complexity index is 166. The molecule has 1 fully saturated rings. The minimum absolute atomic E-state index is 0.672. The van der Waals surface area contributed by atoms with Crippen LogP contribution in [0.2, 0.25) is 0 Å². The topological polar surface area (TPSA) is 15.3 Å². The van der Waals surface area contributed by atoms with E-state index in [1.807, 2.05) is 0 Å². The van der Waals surface area contributed by atoms with Crippen LogP contribution in [-0.2, 0) is 0 Å². The van der Waals surface area contributed by atoms with Gasteiger partial charge in [-0.05, 0) is 45.7 Å². The van der Waals surface area contributed by atoms with E-state index in [2.05, 4.69) is 37.9 Å². The van der Waals surface area contributed by atoms with Crippen LogP contribution in [0.25, 0.3) is 0 Å². The predicted molar refractivity (Wildman–Crippen MR) is 67.2 cm³/mol. The molecule has 0 amide bonds. The summed E-state index contributed by atoms with van der Waals surface area (Å²) in [5.74, 6) is 0. The van der Waals surface area contributed by atoms with Crippen LogP contribution in [0.5, 0.6) is 0 Å². The van der Waals surface area contributed by atoms with Crippen LogP contribution in [0.3, 0.4) is 0 Å². The maximum absolute atomic E-state index is 3.67. The van der Waals surface area contributed by atoms with E-state index in [9.17, 15) is 0 Å². The summed E-state index contributed by atoms with van der Waals surface area (Å²) in [7, 11) is 0. The van der Waals surface area contributed by atoms with E-state index in [1.54, 1.807) is 0 Å². The van der Waals surface area contributed by atoms with Crippen molar-refractivity contribution in [1.29, 1.82) is 0 Å². The second kappa shape index (κ2) is 6.49. The molecule has 0 aliphatic heterocycles. The van der Waals surface area contributed by atoms with Gasteiger partial charge in [-0.1, -0.05) is 20.8 Å². The number of nitrogens with one attached hydrogen (secondary N) is 1. The zero-order valence-electron chi connectivity index (χ0n) is 10.9. The van der Waals surface area contributed by atoms with Crippen molar-refractivity contribution >= 4 is 0 Å². The van der Waals surface area contributed by atoms with Crippen LogP contribution < -0.4 is 5.32 Å². The molecule has 0 aromatic heterocycles. The van der Waals surface area contributed by atoms with Crippen LogP contribution >= 0.6 is 0 Å². The minimum atomic E-state index is 0.672. The molecule has 1 saturated carbocycles. The van der Waals surface area contributed by atoms with Gasteiger partial charge in [0, 0.05) is 18.1 Å². The predicted octanol–water partition coefficient (Wildman–Crippen LogP) is 2.64. The number of likely N-dealkylation sites (N-methyl/N-ethyl adjacent to an activating group) is 1. The first-order valence-corrected chi connectivity index (χ1v) is 6.73. The fourth-order valence-electron chi connectivity index (χ4n) is 2.50. The van der Waals surface area contributed by atoms with Crippen LogP contribution in [-0.4, -0.2) is 36.1 Å². The van der Waals surface area contributed by atoms with Gasteiger partial charge in [-0.3, -0.25) is 4.90 Å². The smallest absolute Gasteiger partial charge is 0.0223 e. The second-order valence-corrected chi connectivity index (χ2v) is 4.77. The molecule has 1 aliphatic carbocycles. The molecule has 0 heterocycles. The van der Waals surface area contributed by atoms with Gasteiger partial charge in [0.15, 0.2) is 0 Å². The molecule has 1 rings (SSSR count). The van der Waals surface area contributed by atoms with E-state index < -0.39 is 0 Å². The van der Waals surface area contributed by atoms with E-state index in [-0.39, 0.29) is 0 Å². The van der Waals surface area contributed by atoms with E-state index in [1.165, 1.54) is 32.2 Å². The molecule has 0 bridgehead atoms. The zero-order chi connectivity index (χ0) is 11.3. The Morgan fingerprint density at radius 2 is 1.93 bits per heavy atom. The van der Waals surface area contributed by atoms with Gasteiger partial charge >= 0.3 is 0 Å². The van der Waals surface area contributed by atoms with E-state index in [4.69, 9.17) is 0 Å². The summed E-state index contributed by atoms with van der Waals surface area (Å²) in [5.41, 5.74) is 0. The Hall–Kier alpha value is -0.0800. The summed E-state index contributed by atoms with van der Waals surface area (Å²) in [4.78, 5) is 2.68. The number of hydrogen-bond donors (Lipinski definition) is 1. The Balaban J connectivity index is 2.41. The molecule has 2 atom stereocenters. The van der Waals surface area contributed by atoms with E-state index in [0.29, 0.717) is 12.1 Å². The lowest BCUT2D eigenvalue weighted by atomic mass is 10.1. The summed E-state index contributed by atoms with van der Waals surface area (Å²) in [6.07, 6.45) is 5.31. The van der Waals surface area contributed by atoms with Crippen molar-refractivity contribution in [2.45, 2.75) is 71.5 Å². The van der Waals surface area contributed by atoms with E-state index in [0.717, 1.165) is 12.6 Å². The third-order valence-electron chi connectivity index (χ3n) is 3.58. The van der Waals surface area contributed by atoms with Crippen molar-refractivity contribution in [2.75, 3.05) is 13.1 Å². The van der Waals surface area contributed by atoms with Crippen molar-refractivity contribution in [3.05, 3.63) is 0 Å². The van der Waals surface area contributed by atoms with Gasteiger partial charge in [-0.15, -0.1) is 0 Å². The molecule has 0 saturated heterocycles. The molecule has 90 valence electrons. The minimum Gasteiger partial charge on any atom is -0.312 e. The number of nitrogens with zero attached hydrogens (tertiary/aromatic N) is 1. The van der Waals surface area contributed by atoms with Crippen molar-refractivity contribution in [3.8, 4) is 0 Å². The highest BCUT2D eigenvalue weighted by Crippen LogP contribution is 2.29. The fraction of sp³-hybridized carbons (Fsp3) is 1.00. The maximum Gasteiger partial charge on any atom is 0.0223 e. The first-order chi connectivity index (χ1) is 7.24. The van der Waals surface area contributed by atoms with Crippen molar-refractivity contribution in [3.63, 3.8) is 0 Å². The highest BCUT2D eigenvalue weighted by Gasteiger charge is 2.33. The lowest BCUT2D eigenvalue weighted by Gasteiger charge is -2.34. The molecule has 1 N–H and O–H groups in total. The highest BCUT2D eigenvalue weighted by atomic mass is 15.2. The monoisotopic (exact) mass is 212 g/mol. The van der Waals surface area contributed by atoms with Gasteiger partial charge in [0.05, 0.1) is 0 Å². The molecule has 0 radical (unpaired) electrons. The molecule has 1 aliphatic rings. The third-order valence-corrected chi connectivity index (χ3v) is 3.58. The number of hydrogen-bond acceptors (Lipinski definition) is 2. The summed E-state index contributed by atoms with van der Waals surface area (Å²) >= 11 is 0. The SMILES string of the molecule is CCCNC(CC)C(C)N(CC)C1CC1. The van der Waals surface area contributed by atoms with Gasteiger partial charge in [0.2, 0.25) is 0 Å². The van der Waals surface area contributed by atoms with Crippen LogP contribution in [0, 0.1) is 0 Å². The zero-order valence-corrected chi connectivity index (χ0v) is 10.9. The Morgan fingerprint density at radius 3 is 2.33 bits per heavy atom. The Morgan fingerprint density at radius 1 is 1.27 bits per heavy atom. The normalized spacial score (nSPS) is 20.6.